The number of aliphatic hydroxyl groups is 2. The molecule has 142 valence electrons. The number of esters is 1. The standard InChI is InChI=1S/C22H23FO4/c1-27-22(26)13-7-12-21(25)10-5-3-2-4-9-20(24)11-6-8-18-14-16-19(23)17-15-18/h2-4,9,14-17,20-21,24-25H,7,11-13H2,1H3/b3-2+,9-4+/t20-,21+/m0/s1. The molecule has 1 aromatic rings. The van der Waals surface area contributed by atoms with Gasteiger partial charge in [0, 0.05) is 18.4 Å². The third-order valence-corrected chi connectivity index (χ3v) is 3.35. The molecule has 0 saturated heterocycles. The van der Waals surface area contributed by atoms with E-state index in [1.165, 1.54) is 19.2 Å². The second-order valence-electron chi connectivity index (χ2n) is 5.60. The monoisotopic (exact) mass is 370 g/mol. The van der Waals surface area contributed by atoms with Gasteiger partial charge in [-0.25, -0.2) is 4.39 Å². The molecule has 0 amide bonds. The highest BCUT2D eigenvalue weighted by atomic mass is 19.1. The van der Waals surface area contributed by atoms with Crippen molar-refractivity contribution in [2.75, 3.05) is 7.11 Å². The number of aliphatic hydroxyl groups excluding tert-OH is 2. The van der Waals surface area contributed by atoms with Crippen LogP contribution in [0.25, 0.3) is 0 Å². The molecule has 27 heavy (non-hydrogen) atoms. The summed E-state index contributed by atoms with van der Waals surface area (Å²) >= 11 is 0. The molecule has 5 heteroatoms. The van der Waals surface area contributed by atoms with Crippen molar-refractivity contribution in [2.24, 2.45) is 0 Å². The Balaban J connectivity index is 2.29. The van der Waals surface area contributed by atoms with Crippen LogP contribution in [0.15, 0.2) is 48.6 Å². The number of carbonyl (C=O) groups is 1. The van der Waals surface area contributed by atoms with Crippen LogP contribution in [0, 0.1) is 29.5 Å². The average molecular weight is 370 g/mol. The van der Waals surface area contributed by atoms with Gasteiger partial charge in [0.05, 0.1) is 13.2 Å². The van der Waals surface area contributed by atoms with Gasteiger partial charge in [-0.1, -0.05) is 41.9 Å². The van der Waals surface area contributed by atoms with Crippen LogP contribution in [-0.2, 0) is 9.53 Å². The minimum atomic E-state index is -0.796. The molecule has 0 aromatic heterocycles. The second kappa shape index (κ2) is 13.4. The Hall–Kier alpha value is -2.86. The van der Waals surface area contributed by atoms with Crippen molar-refractivity contribution in [3.63, 3.8) is 0 Å². The summed E-state index contributed by atoms with van der Waals surface area (Å²) in [6.45, 7) is 0. The van der Waals surface area contributed by atoms with Crippen molar-refractivity contribution >= 4 is 5.97 Å². The molecule has 1 rings (SSSR count). The molecule has 0 heterocycles. The fourth-order valence-electron chi connectivity index (χ4n) is 1.91. The Bertz CT molecular complexity index is 757. The maximum absolute atomic E-state index is 12.8. The van der Waals surface area contributed by atoms with E-state index in [9.17, 15) is 19.4 Å². The summed E-state index contributed by atoms with van der Waals surface area (Å²) in [4.78, 5) is 10.9. The van der Waals surface area contributed by atoms with Gasteiger partial charge in [-0.15, -0.1) is 0 Å². The summed E-state index contributed by atoms with van der Waals surface area (Å²) in [6, 6.07) is 5.83. The van der Waals surface area contributed by atoms with E-state index < -0.39 is 12.2 Å². The van der Waals surface area contributed by atoms with E-state index in [4.69, 9.17) is 0 Å². The highest BCUT2D eigenvalue weighted by Gasteiger charge is 2.03. The first-order valence-electron chi connectivity index (χ1n) is 8.53. The quantitative estimate of drug-likeness (QED) is 0.440. The first-order chi connectivity index (χ1) is 13.0. The van der Waals surface area contributed by atoms with Gasteiger partial charge in [0.25, 0.3) is 0 Å². The SMILES string of the molecule is COC(=O)CCC[C@H](O)C#C/C=C/C=C/[C@H](O)CC#Cc1ccc(F)cc1. The molecule has 0 aliphatic heterocycles. The lowest BCUT2D eigenvalue weighted by atomic mass is 10.1. The molecular formula is C22H23FO4. The molecule has 0 radical (unpaired) electrons. The number of benzene rings is 1. The normalized spacial score (nSPS) is 12.7. The van der Waals surface area contributed by atoms with Gasteiger partial charge in [0.2, 0.25) is 0 Å². The molecule has 0 aliphatic carbocycles. The number of allylic oxidation sites excluding steroid dienone is 3. The molecule has 1 aromatic carbocycles. The highest BCUT2D eigenvalue weighted by Crippen LogP contribution is 2.02. The van der Waals surface area contributed by atoms with Gasteiger partial charge in [0.15, 0.2) is 0 Å². The van der Waals surface area contributed by atoms with Gasteiger partial charge in [-0.3, -0.25) is 4.79 Å². The zero-order valence-electron chi connectivity index (χ0n) is 15.2. The molecule has 0 saturated carbocycles. The van der Waals surface area contributed by atoms with Gasteiger partial charge in [-0.2, -0.15) is 0 Å². The predicted molar refractivity (Wildman–Crippen MR) is 102 cm³/mol. The number of ether oxygens (including phenoxy) is 1. The topological polar surface area (TPSA) is 66.8 Å². The summed E-state index contributed by atoms with van der Waals surface area (Å²) in [5, 5.41) is 19.4. The lowest BCUT2D eigenvalue weighted by Crippen LogP contribution is -2.05. The van der Waals surface area contributed by atoms with E-state index in [1.54, 1.807) is 36.4 Å². The molecule has 0 spiro atoms. The van der Waals surface area contributed by atoms with E-state index in [0.717, 1.165) is 0 Å². The van der Waals surface area contributed by atoms with Crippen LogP contribution in [0.2, 0.25) is 0 Å². The number of halogens is 1. The van der Waals surface area contributed by atoms with Crippen LogP contribution in [-0.4, -0.2) is 35.5 Å². The van der Waals surface area contributed by atoms with E-state index >= 15 is 0 Å². The summed E-state index contributed by atoms with van der Waals surface area (Å²) in [5.74, 6) is 10.4. The van der Waals surface area contributed by atoms with E-state index in [2.05, 4.69) is 28.4 Å². The van der Waals surface area contributed by atoms with Gasteiger partial charge >= 0.3 is 5.97 Å². The maximum atomic E-state index is 12.8. The average Bonchev–Trinajstić information content (AvgIpc) is 2.66. The molecule has 0 unspecified atom stereocenters. The molecule has 0 aliphatic rings. The fourth-order valence-corrected chi connectivity index (χ4v) is 1.91. The van der Waals surface area contributed by atoms with E-state index in [-0.39, 0.29) is 24.6 Å². The number of carbonyl (C=O) groups excluding carboxylic acids is 1. The van der Waals surface area contributed by atoms with Crippen molar-refractivity contribution in [1.29, 1.82) is 0 Å². The largest absolute Gasteiger partial charge is 0.469 e. The lowest BCUT2D eigenvalue weighted by molar-refractivity contribution is -0.140. The van der Waals surface area contributed by atoms with E-state index in [0.29, 0.717) is 18.4 Å². The van der Waals surface area contributed by atoms with Crippen molar-refractivity contribution in [2.45, 2.75) is 37.9 Å². The smallest absolute Gasteiger partial charge is 0.305 e. The Kier molecular flexibility index (Phi) is 11.0. The molecule has 0 bridgehead atoms. The summed E-state index contributed by atoms with van der Waals surface area (Å²) in [7, 11) is 1.33. The van der Waals surface area contributed by atoms with Crippen molar-refractivity contribution in [3.05, 3.63) is 60.0 Å². The maximum Gasteiger partial charge on any atom is 0.305 e. The second-order valence-corrected chi connectivity index (χ2v) is 5.60. The molecule has 0 fully saturated rings. The zero-order chi connectivity index (χ0) is 19.9. The Morgan fingerprint density at radius 3 is 2.70 bits per heavy atom. The zero-order valence-corrected chi connectivity index (χ0v) is 15.2. The van der Waals surface area contributed by atoms with Crippen LogP contribution in [0.1, 0.15) is 31.2 Å². The minimum absolute atomic E-state index is 0.256. The van der Waals surface area contributed by atoms with Crippen LogP contribution in [0.5, 0.6) is 0 Å². The van der Waals surface area contributed by atoms with Crippen LogP contribution < -0.4 is 0 Å². The number of rotatable bonds is 7. The third kappa shape index (κ3) is 11.4. The first kappa shape index (κ1) is 22.2. The first-order valence-corrected chi connectivity index (χ1v) is 8.53. The molecule has 2 atom stereocenters. The Morgan fingerprint density at radius 1 is 1.26 bits per heavy atom. The minimum Gasteiger partial charge on any atom is -0.469 e. The predicted octanol–water partition coefficient (Wildman–Crippen LogP) is 2.75. The van der Waals surface area contributed by atoms with Crippen LogP contribution >= 0.6 is 0 Å². The number of hydrogen-bond acceptors (Lipinski definition) is 4. The molecular weight excluding hydrogens is 347 g/mol. The lowest BCUT2D eigenvalue weighted by Gasteiger charge is -2.01. The van der Waals surface area contributed by atoms with Crippen molar-refractivity contribution in [1.82, 2.24) is 0 Å². The summed E-state index contributed by atoms with van der Waals surface area (Å²) < 4.78 is 17.3. The van der Waals surface area contributed by atoms with Gasteiger partial charge in [-0.05, 0) is 43.2 Å². The van der Waals surface area contributed by atoms with Gasteiger partial charge in [0.1, 0.15) is 11.9 Å². The van der Waals surface area contributed by atoms with Crippen molar-refractivity contribution < 1.29 is 24.1 Å². The van der Waals surface area contributed by atoms with Crippen LogP contribution in [0.4, 0.5) is 4.39 Å². The van der Waals surface area contributed by atoms with Gasteiger partial charge < -0.3 is 14.9 Å². The Morgan fingerprint density at radius 2 is 2.00 bits per heavy atom. The van der Waals surface area contributed by atoms with Crippen molar-refractivity contribution in [3.8, 4) is 23.7 Å². The molecule has 2 N–H and O–H groups in total. The third-order valence-electron chi connectivity index (χ3n) is 3.35. The number of methoxy groups -OCH3 is 1. The van der Waals surface area contributed by atoms with E-state index in [1.807, 2.05) is 0 Å². The highest BCUT2D eigenvalue weighted by molar-refractivity contribution is 5.69. The van der Waals surface area contributed by atoms with Crippen LogP contribution in [0.3, 0.4) is 0 Å². The summed E-state index contributed by atoms with van der Waals surface area (Å²) in [6.07, 6.45) is 6.32. The fraction of sp³-hybridized carbons (Fsp3) is 0.318. The number of hydrogen-bond donors (Lipinski definition) is 2. The molecule has 4 nitrogen and oxygen atoms in total. The Labute approximate surface area is 159 Å². The summed E-state index contributed by atoms with van der Waals surface area (Å²) in [5.41, 5.74) is 0.688.